The molecule has 0 unspecified atom stereocenters. The van der Waals surface area contributed by atoms with E-state index in [0.717, 1.165) is 21.7 Å². The molecule has 1 aromatic heterocycles. The molecule has 2 aromatic rings. The number of carbonyl (C=O) groups excluding carboxylic acids is 3. The first-order valence-corrected chi connectivity index (χ1v) is 7.91. The number of hydrogen-bond donors (Lipinski definition) is 1. The Labute approximate surface area is 145 Å². The third kappa shape index (κ3) is 2.76. The number of hydrogen-bond acceptors (Lipinski definition) is 3. The molecule has 1 fully saturated rings. The fourth-order valence-electron chi connectivity index (χ4n) is 2.78. The minimum absolute atomic E-state index is 0.0679. The van der Waals surface area contributed by atoms with Crippen LogP contribution in [0.2, 0.25) is 0 Å². The number of aromatic nitrogens is 1. The molecule has 4 amide bonds. The van der Waals surface area contributed by atoms with Crippen LogP contribution in [0.3, 0.4) is 0 Å². The highest BCUT2D eigenvalue weighted by Gasteiger charge is 2.37. The van der Waals surface area contributed by atoms with Gasteiger partial charge in [-0.05, 0) is 56.2 Å². The summed E-state index contributed by atoms with van der Waals surface area (Å²) >= 11 is 0. The van der Waals surface area contributed by atoms with Crippen molar-refractivity contribution < 1.29 is 14.4 Å². The van der Waals surface area contributed by atoms with E-state index < -0.39 is 17.8 Å². The van der Waals surface area contributed by atoms with Crippen molar-refractivity contribution >= 4 is 29.6 Å². The molecular formula is C19H19N3O3. The summed E-state index contributed by atoms with van der Waals surface area (Å²) in [6.45, 7) is 5.67. The quantitative estimate of drug-likeness (QED) is 0.676. The van der Waals surface area contributed by atoms with Crippen molar-refractivity contribution in [3.05, 3.63) is 58.4 Å². The van der Waals surface area contributed by atoms with Crippen LogP contribution >= 0.6 is 0 Å². The Kier molecular flexibility index (Phi) is 4.04. The predicted molar refractivity (Wildman–Crippen MR) is 95.1 cm³/mol. The smallest absolute Gasteiger partial charge is 0.335 e. The lowest BCUT2D eigenvalue weighted by Crippen LogP contribution is -2.54. The van der Waals surface area contributed by atoms with E-state index in [2.05, 4.69) is 5.32 Å². The van der Waals surface area contributed by atoms with Gasteiger partial charge in [0.05, 0.1) is 5.69 Å². The standard InChI is InChI=1S/C19H19N3O3/c1-11-6-5-7-16(13(11)3)22-18(24)15(17(23)20-19(22)25)10-14-9-8-12(2)21(14)4/h5-10H,1-4H3,(H,20,23,25)/b15-10+. The largest absolute Gasteiger partial charge is 0.348 e. The first kappa shape index (κ1) is 16.7. The summed E-state index contributed by atoms with van der Waals surface area (Å²) in [7, 11) is 1.85. The molecule has 0 bridgehead atoms. The van der Waals surface area contributed by atoms with Crippen LogP contribution in [0.25, 0.3) is 6.08 Å². The van der Waals surface area contributed by atoms with E-state index in [0.29, 0.717) is 11.4 Å². The van der Waals surface area contributed by atoms with Crippen LogP contribution in [-0.4, -0.2) is 22.4 Å². The second-order valence-corrected chi connectivity index (χ2v) is 6.14. The number of anilines is 1. The van der Waals surface area contributed by atoms with Gasteiger partial charge in [0.1, 0.15) is 5.57 Å². The van der Waals surface area contributed by atoms with E-state index in [1.165, 1.54) is 6.08 Å². The lowest BCUT2D eigenvalue weighted by Gasteiger charge is -2.28. The summed E-state index contributed by atoms with van der Waals surface area (Å²) in [5.74, 6) is -1.31. The van der Waals surface area contributed by atoms with Gasteiger partial charge >= 0.3 is 6.03 Å². The van der Waals surface area contributed by atoms with E-state index in [-0.39, 0.29) is 5.57 Å². The molecule has 0 aliphatic carbocycles. The molecule has 2 heterocycles. The third-order valence-electron chi connectivity index (χ3n) is 4.62. The highest BCUT2D eigenvalue weighted by Crippen LogP contribution is 2.27. The lowest BCUT2D eigenvalue weighted by molar-refractivity contribution is -0.122. The molecule has 1 aliphatic rings. The van der Waals surface area contributed by atoms with E-state index in [1.54, 1.807) is 12.1 Å². The first-order valence-electron chi connectivity index (χ1n) is 7.91. The summed E-state index contributed by atoms with van der Waals surface area (Å²) in [6, 6.07) is 8.36. The van der Waals surface area contributed by atoms with Gasteiger partial charge in [-0.3, -0.25) is 14.9 Å². The van der Waals surface area contributed by atoms with Gasteiger partial charge in [0, 0.05) is 18.4 Å². The molecule has 0 spiro atoms. The molecule has 25 heavy (non-hydrogen) atoms. The number of barbiturate groups is 1. The minimum atomic E-state index is -0.732. The average molecular weight is 337 g/mol. The molecule has 0 saturated carbocycles. The Morgan fingerprint density at radius 3 is 2.36 bits per heavy atom. The Morgan fingerprint density at radius 2 is 1.72 bits per heavy atom. The summed E-state index contributed by atoms with van der Waals surface area (Å²) in [4.78, 5) is 38.4. The number of rotatable bonds is 2. The van der Waals surface area contributed by atoms with Crippen molar-refractivity contribution in [1.82, 2.24) is 9.88 Å². The molecular weight excluding hydrogens is 318 g/mol. The number of urea groups is 1. The number of amides is 4. The van der Waals surface area contributed by atoms with Crippen LogP contribution in [0.15, 0.2) is 35.9 Å². The van der Waals surface area contributed by atoms with Crippen LogP contribution in [0.5, 0.6) is 0 Å². The highest BCUT2D eigenvalue weighted by molar-refractivity contribution is 6.39. The van der Waals surface area contributed by atoms with Gasteiger partial charge in [-0.2, -0.15) is 0 Å². The number of nitrogens with one attached hydrogen (secondary N) is 1. The topological polar surface area (TPSA) is 71.4 Å². The number of nitrogens with zero attached hydrogens (tertiary/aromatic N) is 2. The molecule has 0 atom stereocenters. The molecule has 6 nitrogen and oxygen atoms in total. The number of carbonyl (C=O) groups is 3. The maximum Gasteiger partial charge on any atom is 0.335 e. The van der Waals surface area contributed by atoms with Crippen molar-refractivity contribution in [2.75, 3.05) is 4.90 Å². The zero-order valence-corrected chi connectivity index (χ0v) is 14.6. The van der Waals surface area contributed by atoms with E-state index in [4.69, 9.17) is 0 Å². The van der Waals surface area contributed by atoms with Gasteiger partial charge in [-0.1, -0.05) is 12.1 Å². The molecule has 0 radical (unpaired) electrons. The van der Waals surface area contributed by atoms with Crippen molar-refractivity contribution in [2.24, 2.45) is 7.05 Å². The van der Waals surface area contributed by atoms with Gasteiger partial charge in [0.25, 0.3) is 11.8 Å². The first-order chi connectivity index (χ1) is 11.8. The Bertz CT molecular complexity index is 937. The van der Waals surface area contributed by atoms with Crippen LogP contribution in [0, 0.1) is 20.8 Å². The summed E-state index contributed by atoms with van der Waals surface area (Å²) in [6.07, 6.45) is 1.51. The lowest BCUT2D eigenvalue weighted by atomic mass is 10.0. The normalized spacial score (nSPS) is 16.6. The second kappa shape index (κ2) is 6.05. The van der Waals surface area contributed by atoms with E-state index in [1.807, 2.05) is 50.6 Å². The fraction of sp³-hybridized carbons (Fsp3) is 0.211. The molecule has 1 aliphatic heterocycles. The van der Waals surface area contributed by atoms with Gasteiger partial charge in [-0.25, -0.2) is 9.69 Å². The number of aryl methyl sites for hydroxylation is 2. The SMILES string of the molecule is Cc1cccc(N2C(=O)NC(=O)/C(=C\c3ccc(C)n3C)C2=O)c1C. The maximum absolute atomic E-state index is 12.9. The van der Waals surface area contributed by atoms with Gasteiger partial charge in [-0.15, -0.1) is 0 Å². The zero-order valence-electron chi connectivity index (χ0n) is 14.6. The molecule has 1 N–H and O–H groups in total. The monoisotopic (exact) mass is 337 g/mol. The maximum atomic E-state index is 12.9. The molecule has 1 aromatic carbocycles. The van der Waals surface area contributed by atoms with Crippen molar-refractivity contribution in [3.8, 4) is 0 Å². The molecule has 3 rings (SSSR count). The Morgan fingerprint density at radius 1 is 1.00 bits per heavy atom. The second-order valence-electron chi connectivity index (χ2n) is 6.14. The van der Waals surface area contributed by atoms with Gasteiger partial charge < -0.3 is 4.57 Å². The predicted octanol–water partition coefficient (Wildman–Crippen LogP) is 2.62. The Hall–Kier alpha value is -3.15. The average Bonchev–Trinajstić information content (AvgIpc) is 2.87. The Balaban J connectivity index is 2.09. The van der Waals surface area contributed by atoms with Gasteiger partial charge in [0.15, 0.2) is 0 Å². The van der Waals surface area contributed by atoms with Gasteiger partial charge in [0.2, 0.25) is 0 Å². The molecule has 6 heteroatoms. The van der Waals surface area contributed by atoms with E-state index in [9.17, 15) is 14.4 Å². The number of benzene rings is 1. The van der Waals surface area contributed by atoms with Crippen molar-refractivity contribution in [2.45, 2.75) is 20.8 Å². The zero-order chi connectivity index (χ0) is 18.3. The third-order valence-corrected chi connectivity index (χ3v) is 4.62. The van der Waals surface area contributed by atoms with Crippen molar-refractivity contribution in [1.29, 1.82) is 0 Å². The van der Waals surface area contributed by atoms with Crippen LogP contribution < -0.4 is 10.2 Å². The summed E-state index contributed by atoms with van der Waals surface area (Å²) in [5, 5.41) is 2.25. The van der Waals surface area contributed by atoms with E-state index >= 15 is 0 Å². The molecule has 128 valence electrons. The van der Waals surface area contributed by atoms with Crippen LogP contribution in [0.4, 0.5) is 10.5 Å². The summed E-state index contributed by atoms with van der Waals surface area (Å²) in [5.41, 5.74) is 3.89. The fourth-order valence-corrected chi connectivity index (χ4v) is 2.78. The van der Waals surface area contributed by atoms with Crippen LogP contribution in [-0.2, 0) is 16.6 Å². The summed E-state index contributed by atoms with van der Waals surface area (Å²) < 4.78 is 1.87. The minimum Gasteiger partial charge on any atom is -0.348 e. The highest BCUT2D eigenvalue weighted by atomic mass is 16.2. The van der Waals surface area contributed by atoms with Crippen molar-refractivity contribution in [3.63, 3.8) is 0 Å². The molecule has 1 saturated heterocycles. The number of imide groups is 2. The van der Waals surface area contributed by atoms with Crippen LogP contribution in [0.1, 0.15) is 22.5 Å².